The second kappa shape index (κ2) is 8.73. The van der Waals surface area contributed by atoms with E-state index in [9.17, 15) is 23.3 Å². The molecule has 0 spiro atoms. The fraction of sp³-hybridized carbons (Fsp3) is 0.500. The summed E-state index contributed by atoms with van der Waals surface area (Å²) in [6, 6.07) is 12.9. The number of nitro groups is 1. The van der Waals surface area contributed by atoms with Gasteiger partial charge in [0.05, 0.1) is 10.5 Å². The van der Waals surface area contributed by atoms with Crippen LogP contribution in [-0.2, 0) is 12.6 Å². The summed E-state index contributed by atoms with van der Waals surface area (Å²) in [5.74, 6) is -0.118. The molecule has 0 amide bonds. The zero-order chi connectivity index (χ0) is 22.9. The number of piperidine rings is 1. The first-order valence-corrected chi connectivity index (χ1v) is 10.9. The molecule has 32 heavy (non-hydrogen) atoms. The summed E-state index contributed by atoms with van der Waals surface area (Å²) in [7, 11) is 0. The lowest BCUT2D eigenvalue weighted by molar-refractivity contribution is -0.384. The third-order valence-electron chi connectivity index (χ3n) is 6.81. The molecule has 0 radical (unpaired) electrons. The molecular formula is C24H27F3N2O3. The molecule has 4 rings (SSSR count). The number of hydrogen-bond acceptors (Lipinski definition) is 4. The van der Waals surface area contributed by atoms with Crippen LogP contribution in [0.2, 0.25) is 0 Å². The normalized spacial score (nSPS) is 25.6. The van der Waals surface area contributed by atoms with Gasteiger partial charge in [0, 0.05) is 30.8 Å². The van der Waals surface area contributed by atoms with Gasteiger partial charge in [-0.2, -0.15) is 13.2 Å². The average Bonchev–Trinajstić information content (AvgIpc) is 2.98. The van der Waals surface area contributed by atoms with Crippen LogP contribution in [0, 0.1) is 15.5 Å². The van der Waals surface area contributed by atoms with E-state index in [4.69, 9.17) is 4.74 Å². The summed E-state index contributed by atoms with van der Waals surface area (Å²) in [5.41, 5.74) is 0.554. The Labute approximate surface area is 185 Å². The summed E-state index contributed by atoms with van der Waals surface area (Å²) in [6.07, 6.45) is 0.598. The number of nitro benzene ring substituents is 1. The van der Waals surface area contributed by atoms with Crippen LogP contribution in [0.15, 0.2) is 48.5 Å². The first kappa shape index (κ1) is 22.6. The van der Waals surface area contributed by atoms with Gasteiger partial charge in [-0.15, -0.1) is 0 Å². The van der Waals surface area contributed by atoms with Crippen molar-refractivity contribution in [2.45, 2.75) is 57.3 Å². The van der Waals surface area contributed by atoms with E-state index in [2.05, 4.69) is 11.8 Å². The molecule has 0 N–H and O–H groups in total. The van der Waals surface area contributed by atoms with Gasteiger partial charge in [0.1, 0.15) is 12.4 Å². The Morgan fingerprint density at radius 3 is 2.31 bits per heavy atom. The van der Waals surface area contributed by atoms with Crippen LogP contribution in [0.1, 0.15) is 43.7 Å². The van der Waals surface area contributed by atoms with Gasteiger partial charge in [-0.3, -0.25) is 15.0 Å². The molecular weight excluding hydrogens is 421 g/mol. The minimum Gasteiger partial charge on any atom is -0.492 e. The van der Waals surface area contributed by atoms with E-state index in [0.29, 0.717) is 18.6 Å². The Kier molecular flexibility index (Phi) is 6.16. The number of rotatable bonds is 7. The van der Waals surface area contributed by atoms with E-state index in [1.807, 2.05) is 12.1 Å². The Morgan fingerprint density at radius 2 is 1.72 bits per heavy atom. The molecule has 5 nitrogen and oxygen atoms in total. The first-order chi connectivity index (χ1) is 15.1. The van der Waals surface area contributed by atoms with Crippen molar-refractivity contribution in [1.29, 1.82) is 0 Å². The molecule has 2 saturated heterocycles. The number of hydrogen-bond donors (Lipinski definition) is 0. The van der Waals surface area contributed by atoms with Crippen molar-refractivity contribution in [3.8, 4) is 5.75 Å². The van der Waals surface area contributed by atoms with Crippen molar-refractivity contribution in [2.24, 2.45) is 5.41 Å². The SMILES string of the molecule is CC1(Cc2ccc([N+](=O)[O-])cc2)C[C@H]2CC[C@@H](C1)N2CCOc1ccccc1C(F)(F)F. The van der Waals surface area contributed by atoms with Gasteiger partial charge in [0.2, 0.25) is 0 Å². The zero-order valence-corrected chi connectivity index (χ0v) is 18.0. The second-order valence-electron chi connectivity index (χ2n) is 9.28. The third-order valence-corrected chi connectivity index (χ3v) is 6.81. The topological polar surface area (TPSA) is 55.6 Å². The van der Waals surface area contributed by atoms with Gasteiger partial charge in [-0.25, -0.2) is 0 Å². The summed E-state index contributed by atoms with van der Waals surface area (Å²) < 4.78 is 45.1. The lowest BCUT2D eigenvalue weighted by Gasteiger charge is -2.45. The van der Waals surface area contributed by atoms with Crippen LogP contribution >= 0.6 is 0 Å². The molecule has 8 heteroatoms. The number of ether oxygens (including phenoxy) is 1. The number of halogens is 3. The maximum atomic E-state index is 13.2. The van der Waals surface area contributed by atoms with Gasteiger partial charge in [0.15, 0.2) is 0 Å². The van der Waals surface area contributed by atoms with Crippen LogP contribution < -0.4 is 4.74 Å². The van der Waals surface area contributed by atoms with Crippen LogP contribution in [0.25, 0.3) is 0 Å². The molecule has 2 fully saturated rings. The van der Waals surface area contributed by atoms with E-state index in [1.165, 1.54) is 12.1 Å². The van der Waals surface area contributed by atoms with Crippen molar-refractivity contribution >= 4 is 5.69 Å². The van der Waals surface area contributed by atoms with E-state index in [0.717, 1.165) is 43.7 Å². The monoisotopic (exact) mass is 448 g/mol. The van der Waals surface area contributed by atoms with E-state index < -0.39 is 11.7 Å². The smallest absolute Gasteiger partial charge is 0.419 e. The zero-order valence-electron chi connectivity index (χ0n) is 18.0. The average molecular weight is 448 g/mol. The number of alkyl halides is 3. The Balaban J connectivity index is 1.35. The fourth-order valence-electron chi connectivity index (χ4n) is 5.50. The lowest BCUT2D eigenvalue weighted by Crippen LogP contribution is -2.48. The van der Waals surface area contributed by atoms with Crippen molar-refractivity contribution in [3.05, 3.63) is 69.8 Å². The number of para-hydroxylation sites is 1. The Bertz CT molecular complexity index is 948. The highest BCUT2D eigenvalue weighted by Gasteiger charge is 2.45. The molecule has 0 aromatic heterocycles. The predicted octanol–water partition coefficient (Wildman–Crippen LogP) is 5.87. The largest absolute Gasteiger partial charge is 0.492 e. The molecule has 172 valence electrons. The van der Waals surface area contributed by atoms with Crippen molar-refractivity contribution < 1.29 is 22.8 Å². The molecule has 2 aliphatic heterocycles. The van der Waals surface area contributed by atoms with Crippen molar-refractivity contribution in [2.75, 3.05) is 13.2 Å². The maximum absolute atomic E-state index is 13.2. The molecule has 2 aromatic carbocycles. The van der Waals surface area contributed by atoms with E-state index >= 15 is 0 Å². The minimum atomic E-state index is -4.43. The number of fused-ring (bicyclic) bond motifs is 2. The van der Waals surface area contributed by atoms with Crippen LogP contribution in [-0.4, -0.2) is 35.1 Å². The number of benzene rings is 2. The first-order valence-electron chi connectivity index (χ1n) is 10.9. The molecule has 3 atom stereocenters. The highest BCUT2D eigenvalue weighted by atomic mass is 19.4. The third kappa shape index (κ3) is 4.90. The summed E-state index contributed by atoms with van der Waals surface area (Å²) in [5, 5.41) is 10.9. The molecule has 0 saturated carbocycles. The van der Waals surface area contributed by atoms with Crippen LogP contribution in [0.3, 0.4) is 0 Å². The summed E-state index contributed by atoms with van der Waals surface area (Å²) in [4.78, 5) is 12.9. The van der Waals surface area contributed by atoms with Gasteiger partial charge in [-0.05, 0) is 55.2 Å². The Hall–Kier alpha value is -2.61. The molecule has 2 heterocycles. The molecule has 0 aliphatic carbocycles. The van der Waals surface area contributed by atoms with Crippen molar-refractivity contribution in [3.63, 3.8) is 0 Å². The predicted molar refractivity (Wildman–Crippen MR) is 115 cm³/mol. The molecule has 1 unspecified atom stereocenters. The standard InChI is InChI=1S/C24H27F3N2O3/c1-23(14-17-6-8-18(9-7-17)29(30)31)15-19-10-11-20(16-23)28(19)12-13-32-22-5-3-2-4-21(22)24(25,26)27/h2-9,19-20H,10-16H2,1H3/t19-,20+,23?. The van der Waals surface area contributed by atoms with E-state index in [-0.39, 0.29) is 28.4 Å². The van der Waals surface area contributed by atoms with Crippen molar-refractivity contribution in [1.82, 2.24) is 4.90 Å². The number of nitrogens with zero attached hydrogens (tertiary/aromatic N) is 2. The number of non-ortho nitro benzene ring substituents is 1. The lowest BCUT2D eigenvalue weighted by atomic mass is 9.72. The molecule has 2 aliphatic rings. The quantitative estimate of drug-likeness (QED) is 0.393. The van der Waals surface area contributed by atoms with Gasteiger partial charge in [0.25, 0.3) is 5.69 Å². The van der Waals surface area contributed by atoms with Gasteiger partial charge in [-0.1, -0.05) is 31.2 Å². The summed E-state index contributed by atoms with van der Waals surface area (Å²) in [6.45, 7) is 3.10. The minimum absolute atomic E-state index is 0.0980. The summed E-state index contributed by atoms with van der Waals surface area (Å²) >= 11 is 0. The van der Waals surface area contributed by atoms with E-state index in [1.54, 1.807) is 18.2 Å². The Morgan fingerprint density at radius 1 is 1.09 bits per heavy atom. The fourth-order valence-corrected chi connectivity index (χ4v) is 5.50. The van der Waals surface area contributed by atoms with Crippen LogP contribution in [0.4, 0.5) is 18.9 Å². The van der Waals surface area contributed by atoms with Gasteiger partial charge < -0.3 is 4.74 Å². The van der Waals surface area contributed by atoms with Gasteiger partial charge >= 0.3 is 6.18 Å². The maximum Gasteiger partial charge on any atom is 0.419 e. The molecule has 2 bridgehead atoms. The molecule has 2 aromatic rings. The van der Waals surface area contributed by atoms with Crippen LogP contribution in [0.5, 0.6) is 5.75 Å². The highest BCUT2D eigenvalue weighted by molar-refractivity contribution is 5.35. The highest BCUT2D eigenvalue weighted by Crippen LogP contribution is 2.47. The second-order valence-corrected chi connectivity index (χ2v) is 9.28.